The van der Waals surface area contributed by atoms with Crippen LogP contribution in [0.25, 0.3) is 0 Å². The molecule has 4 rings (SSSR count). The van der Waals surface area contributed by atoms with Gasteiger partial charge in [-0.2, -0.15) is 0 Å². The number of benzene rings is 2. The number of β-amino-alcohol motifs (C(OH)–C–C–N with tert-alkyl or cyclic N) is 1. The lowest BCUT2D eigenvalue weighted by Gasteiger charge is -2.39. The van der Waals surface area contributed by atoms with Gasteiger partial charge in [-0.15, -0.1) is 0 Å². The summed E-state index contributed by atoms with van der Waals surface area (Å²) >= 11 is 6.05. The molecule has 1 atom stereocenters. The van der Waals surface area contributed by atoms with Gasteiger partial charge in [0.1, 0.15) is 23.7 Å². The van der Waals surface area contributed by atoms with Crippen molar-refractivity contribution in [1.29, 1.82) is 0 Å². The fourth-order valence-corrected chi connectivity index (χ4v) is 4.17. The van der Waals surface area contributed by atoms with Crippen LogP contribution in [-0.4, -0.2) is 58.6 Å². The lowest BCUT2D eigenvalue weighted by atomic mass is 10.0. The number of phenolic OH excluding ortho intramolecular Hbond substituents is 1. The maximum absolute atomic E-state index is 11.4. The van der Waals surface area contributed by atoms with Crippen LogP contribution in [0, 0.1) is 0 Å². The van der Waals surface area contributed by atoms with Crippen LogP contribution in [0.3, 0.4) is 0 Å². The number of anilines is 1. The molecule has 1 spiro atoms. The van der Waals surface area contributed by atoms with Crippen molar-refractivity contribution in [3.05, 3.63) is 41.4 Å². The lowest BCUT2D eigenvalue weighted by molar-refractivity contribution is -0.127. The van der Waals surface area contributed by atoms with Crippen molar-refractivity contribution in [3.63, 3.8) is 0 Å². The van der Waals surface area contributed by atoms with Crippen molar-refractivity contribution in [2.75, 3.05) is 31.6 Å². The number of hydrogen-bond donors (Lipinski definition) is 3. The highest BCUT2D eigenvalue weighted by Gasteiger charge is 2.45. The van der Waals surface area contributed by atoms with Crippen molar-refractivity contribution in [2.24, 2.45) is 0 Å². The Bertz CT molecular complexity index is 1000. The zero-order valence-corrected chi connectivity index (χ0v) is 18.8. The summed E-state index contributed by atoms with van der Waals surface area (Å²) in [7, 11) is 0. The average Bonchev–Trinajstić information content (AvgIpc) is 3.06. The van der Waals surface area contributed by atoms with Crippen molar-refractivity contribution in [1.82, 2.24) is 4.90 Å². The number of likely N-dealkylation sites (tertiary alicyclic amines) is 1. The third-order valence-corrected chi connectivity index (χ3v) is 5.73. The second kappa shape index (κ2) is 8.69. The molecule has 1 unspecified atom stereocenters. The molecule has 0 bridgehead atoms. The second-order valence-corrected chi connectivity index (χ2v) is 9.07. The highest BCUT2D eigenvalue weighted by atomic mass is 35.5. The van der Waals surface area contributed by atoms with E-state index in [1.54, 1.807) is 25.1 Å². The topological polar surface area (TPSA) is 100 Å². The molecule has 1 fully saturated rings. The zero-order chi connectivity index (χ0) is 22.9. The van der Waals surface area contributed by atoms with E-state index in [4.69, 9.17) is 25.8 Å². The molecule has 172 valence electrons. The molecule has 0 saturated carbocycles. The van der Waals surface area contributed by atoms with Gasteiger partial charge in [0.2, 0.25) is 5.91 Å². The molecule has 2 aromatic carbocycles. The molecule has 2 aromatic rings. The van der Waals surface area contributed by atoms with E-state index in [0.29, 0.717) is 60.4 Å². The summed E-state index contributed by atoms with van der Waals surface area (Å²) in [5, 5.41) is 23.9. The number of carbonyl (C=O) groups is 1. The first-order valence-electron chi connectivity index (χ1n) is 10.5. The summed E-state index contributed by atoms with van der Waals surface area (Å²) in [5.74, 6) is 0.712. The van der Waals surface area contributed by atoms with Gasteiger partial charge in [0.05, 0.1) is 5.69 Å². The number of rotatable bonds is 6. The summed E-state index contributed by atoms with van der Waals surface area (Å²) in [5.41, 5.74) is -0.724. The number of fused-ring (bicyclic) bond motifs is 1. The summed E-state index contributed by atoms with van der Waals surface area (Å²) < 4.78 is 17.9. The molecule has 8 nitrogen and oxygen atoms in total. The second-order valence-electron chi connectivity index (χ2n) is 8.63. The molecule has 1 amide bonds. The molecular formula is C23H27ClN2O6. The predicted molar refractivity (Wildman–Crippen MR) is 120 cm³/mol. The predicted octanol–water partition coefficient (Wildman–Crippen LogP) is 3.40. The summed E-state index contributed by atoms with van der Waals surface area (Å²) in [6.07, 6.45) is 1.30. The van der Waals surface area contributed by atoms with Crippen LogP contribution in [0.2, 0.25) is 5.02 Å². The highest BCUT2D eigenvalue weighted by molar-refractivity contribution is 6.30. The molecule has 2 aliphatic heterocycles. The van der Waals surface area contributed by atoms with Gasteiger partial charge in [0, 0.05) is 56.6 Å². The number of phenols is 1. The number of piperidine rings is 1. The number of amides is 1. The first kappa shape index (κ1) is 22.5. The van der Waals surface area contributed by atoms with E-state index in [1.807, 2.05) is 6.07 Å². The van der Waals surface area contributed by atoms with E-state index in [9.17, 15) is 15.0 Å². The fraction of sp³-hybridized carbons (Fsp3) is 0.435. The van der Waals surface area contributed by atoms with E-state index >= 15 is 0 Å². The minimum absolute atomic E-state index is 0.00826. The number of aliphatic hydroxyl groups is 1. The molecule has 2 aliphatic rings. The summed E-state index contributed by atoms with van der Waals surface area (Å²) in [4.78, 5) is 13.5. The van der Waals surface area contributed by atoms with E-state index in [-0.39, 0.29) is 18.3 Å². The van der Waals surface area contributed by atoms with E-state index in [1.165, 1.54) is 19.1 Å². The average molecular weight is 463 g/mol. The van der Waals surface area contributed by atoms with Gasteiger partial charge in [-0.1, -0.05) is 11.6 Å². The molecule has 32 heavy (non-hydrogen) atoms. The molecular weight excluding hydrogens is 436 g/mol. The Kier molecular flexibility index (Phi) is 6.11. The molecule has 0 aromatic heterocycles. The first-order chi connectivity index (χ1) is 15.1. The number of aromatic hydroxyl groups is 1. The van der Waals surface area contributed by atoms with E-state index in [0.717, 1.165) is 0 Å². The number of ether oxygens (including phenoxy) is 3. The Morgan fingerprint density at radius 2 is 1.94 bits per heavy atom. The molecule has 2 heterocycles. The lowest BCUT2D eigenvalue weighted by Crippen LogP contribution is -2.53. The van der Waals surface area contributed by atoms with Crippen LogP contribution >= 0.6 is 11.6 Å². The van der Waals surface area contributed by atoms with Crippen molar-refractivity contribution in [2.45, 2.75) is 38.1 Å². The minimum atomic E-state index is -1.16. The monoisotopic (exact) mass is 462 g/mol. The first-order valence-corrected chi connectivity index (χ1v) is 10.9. The molecule has 9 heteroatoms. The van der Waals surface area contributed by atoms with Crippen molar-refractivity contribution in [3.8, 4) is 23.0 Å². The Hall–Kier alpha value is -2.68. The van der Waals surface area contributed by atoms with Gasteiger partial charge < -0.3 is 29.7 Å². The van der Waals surface area contributed by atoms with Gasteiger partial charge in [-0.25, -0.2) is 0 Å². The fourth-order valence-electron chi connectivity index (χ4n) is 4.01. The van der Waals surface area contributed by atoms with E-state index in [2.05, 4.69) is 10.2 Å². The summed E-state index contributed by atoms with van der Waals surface area (Å²) in [6.45, 7) is 4.82. The van der Waals surface area contributed by atoms with Crippen LogP contribution in [-0.2, 0) is 4.79 Å². The SMILES string of the molecule is CC(=O)Nc1ccc(O)cc1OCC(C)(O)CN1CCC2(CC1)Oc1ccc(Cl)cc1O2. The molecule has 0 aliphatic carbocycles. The highest BCUT2D eigenvalue weighted by Crippen LogP contribution is 2.44. The van der Waals surface area contributed by atoms with Crippen LogP contribution in [0.1, 0.15) is 26.7 Å². The Morgan fingerprint density at radius 1 is 1.22 bits per heavy atom. The quantitative estimate of drug-likeness (QED) is 0.565. The van der Waals surface area contributed by atoms with Gasteiger partial charge in [0.15, 0.2) is 11.5 Å². The zero-order valence-electron chi connectivity index (χ0n) is 18.1. The van der Waals surface area contributed by atoms with Gasteiger partial charge >= 0.3 is 0 Å². The standard InChI is InChI=1S/C23H27ClN2O6/c1-15(27)25-18-5-4-17(28)12-20(18)30-14-22(2,29)13-26-9-7-23(8-10-26)31-19-6-3-16(24)11-21(19)32-23/h3-6,11-12,28-29H,7-10,13-14H2,1-2H3,(H,25,27). The molecule has 3 N–H and O–H groups in total. The van der Waals surface area contributed by atoms with Gasteiger partial charge in [-0.05, 0) is 31.2 Å². The Morgan fingerprint density at radius 3 is 2.66 bits per heavy atom. The number of nitrogens with zero attached hydrogens (tertiary/aromatic N) is 1. The molecule has 0 radical (unpaired) electrons. The van der Waals surface area contributed by atoms with Gasteiger partial charge in [-0.3, -0.25) is 9.69 Å². The van der Waals surface area contributed by atoms with Gasteiger partial charge in [0.25, 0.3) is 5.79 Å². The maximum atomic E-state index is 11.4. The smallest absolute Gasteiger partial charge is 0.254 e. The molecule has 1 saturated heterocycles. The maximum Gasteiger partial charge on any atom is 0.254 e. The van der Waals surface area contributed by atoms with Crippen molar-refractivity contribution >= 4 is 23.2 Å². The van der Waals surface area contributed by atoms with Crippen LogP contribution in [0.4, 0.5) is 5.69 Å². The minimum Gasteiger partial charge on any atom is -0.508 e. The van der Waals surface area contributed by atoms with Crippen molar-refractivity contribution < 1.29 is 29.2 Å². The third kappa shape index (κ3) is 5.20. The Labute approximate surface area is 191 Å². The number of carbonyl (C=O) groups excluding carboxylic acids is 1. The van der Waals surface area contributed by atoms with Crippen LogP contribution < -0.4 is 19.5 Å². The number of nitrogens with one attached hydrogen (secondary N) is 1. The number of halogens is 1. The summed E-state index contributed by atoms with van der Waals surface area (Å²) in [6, 6.07) is 9.77. The third-order valence-electron chi connectivity index (χ3n) is 5.49. The Balaban J connectivity index is 1.32. The normalized spacial score (nSPS) is 18.9. The van der Waals surface area contributed by atoms with Crippen LogP contribution in [0.15, 0.2) is 36.4 Å². The number of hydrogen-bond acceptors (Lipinski definition) is 7. The largest absolute Gasteiger partial charge is 0.508 e. The van der Waals surface area contributed by atoms with Crippen LogP contribution in [0.5, 0.6) is 23.0 Å². The van der Waals surface area contributed by atoms with E-state index < -0.39 is 11.4 Å².